The summed E-state index contributed by atoms with van der Waals surface area (Å²) in [6.45, 7) is 17.4. The Morgan fingerprint density at radius 1 is 0.604 bits per heavy atom. The number of hydrogen-bond acceptors (Lipinski definition) is 2. The van der Waals surface area contributed by atoms with Crippen molar-refractivity contribution in [3.05, 3.63) is 165 Å². The van der Waals surface area contributed by atoms with Gasteiger partial charge in [-0.25, -0.2) is 8.78 Å². The first-order valence-corrected chi connectivity index (χ1v) is 17.0. The van der Waals surface area contributed by atoms with Gasteiger partial charge in [0.25, 0.3) is 0 Å². The summed E-state index contributed by atoms with van der Waals surface area (Å²) < 4.78 is 27.6. The second-order valence-electron chi connectivity index (χ2n) is 11.8. The Labute approximate surface area is 299 Å². The van der Waals surface area contributed by atoms with Crippen molar-refractivity contribution in [2.24, 2.45) is 0 Å². The molecule has 2 unspecified atom stereocenters. The quantitative estimate of drug-likeness (QED) is 0.199. The molecule has 248 valence electrons. The third kappa shape index (κ3) is 12.3. The molecule has 2 atom stereocenters. The van der Waals surface area contributed by atoms with Gasteiger partial charge < -0.3 is 10.2 Å². The third-order valence-electron chi connectivity index (χ3n) is 7.27. The number of allylic oxidation sites excluding steroid dienone is 2. The van der Waals surface area contributed by atoms with Crippen molar-refractivity contribution in [1.82, 2.24) is 0 Å². The number of hydrogen-bond donors (Lipinski definition) is 0. The van der Waals surface area contributed by atoms with Crippen molar-refractivity contribution < 1.29 is 43.2 Å². The molecule has 48 heavy (non-hydrogen) atoms. The molecule has 4 aromatic rings. The van der Waals surface area contributed by atoms with Gasteiger partial charge in [0.05, 0.1) is 0 Å². The van der Waals surface area contributed by atoms with Crippen LogP contribution in [0.5, 0.6) is 0 Å². The van der Waals surface area contributed by atoms with Gasteiger partial charge in [0.1, 0.15) is 11.6 Å². The average molecular weight is 722 g/mol. The van der Waals surface area contributed by atoms with E-state index in [2.05, 4.69) is 89.4 Å². The van der Waals surface area contributed by atoms with E-state index in [4.69, 9.17) is 0 Å². The Morgan fingerprint density at radius 2 is 0.875 bits per heavy atom. The molecule has 0 aromatic heterocycles. The van der Waals surface area contributed by atoms with Crippen LogP contribution in [0.1, 0.15) is 65.5 Å². The monoisotopic (exact) mass is 720 g/mol. The molecule has 5 heteroatoms. The van der Waals surface area contributed by atoms with Crippen molar-refractivity contribution in [2.75, 3.05) is 0 Å². The Balaban J connectivity index is 0.000000251. The van der Waals surface area contributed by atoms with Crippen molar-refractivity contribution in [3.63, 3.8) is 0 Å². The fourth-order valence-corrected chi connectivity index (χ4v) is 5.15. The maximum absolute atomic E-state index is 13.0. The van der Waals surface area contributed by atoms with Crippen LogP contribution in [-0.2, 0) is 35.1 Å². The Kier molecular flexibility index (Phi) is 16.1. The van der Waals surface area contributed by atoms with E-state index in [1.54, 1.807) is 24.2 Å². The SMILES string of the molecule is C=C(C)[O-].C=C(C)[O-].CCC1(c2ccc(F)cc2)[C-]=c2ccccc2=C1.CCC1(c2ccc(F)cc2)[C-]=c2ccccc2=C1.C[C](C)=[Zr+2]. The molecule has 2 nitrogen and oxygen atoms in total. The van der Waals surface area contributed by atoms with Gasteiger partial charge in [0.2, 0.25) is 0 Å². The zero-order valence-corrected chi connectivity index (χ0v) is 31.3. The van der Waals surface area contributed by atoms with E-state index < -0.39 is 0 Å². The van der Waals surface area contributed by atoms with Crippen LogP contribution in [0.2, 0.25) is 0 Å². The number of benzene rings is 4. The number of rotatable bonds is 4. The molecule has 0 amide bonds. The molecule has 2 aliphatic carbocycles. The predicted octanol–water partition coefficient (Wildman–Crippen LogP) is 5.76. The van der Waals surface area contributed by atoms with Crippen LogP contribution >= 0.6 is 0 Å². The zero-order chi connectivity index (χ0) is 35.9. The molecule has 4 aromatic carbocycles. The van der Waals surface area contributed by atoms with Crippen molar-refractivity contribution in [3.8, 4) is 0 Å². The molecule has 0 spiro atoms. The summed E-state index contributed by atoms with van der Waals surface area (Å²) in [5.41, 5.74) is 1.78. The van der Waals surface area contributed by atoms with E-state index in [1.165, 1.54) is 51.8 Å². The van der Waals surface area contributed by atoms with Gasteiger partial charge in [0, 0.05) is 0 Å². The van der Waals surface area contributed by atoms with Gasteiger partial charge >= 0.3 is 41.3 Å². The van der Waals surface area contributed by atoms with Crippen LogP contribution in [0.25, 0.3) is 24.3 Å². The average Bonchev–Trinajstić information content (AvgIpc) is 3.61. The summed E-state index contributed by atoms with van der Waals surface area (Å²) in [7, 11) is 0. The molecule has 0 saturated heterocycles. The molecule has 0 bridgehead atoms. The van der Waals surface area contributed by atoms with E-state index >= 15 is 0 Å². The van der Waals surface area contributed by atoms with Crippen LogP contribution in [0.3, 0.4) is 0 Å². The molecule has 0 N–H and O–H groups in total. The second kappa shape index (κ2) is 19.2. The molecular weight excluding hydrogens is 678 g/mol. The first kappa shape index (κ1) is 40.2. The normalized spacial score (nSPS) is 17.4. The standard InChI is InChI=1S/2C17H14F.2C3H6O.C3H6.Zr/c2*1-2-17(15-7-9-16(18)10-8-15)11-13-5-3-4-6-14(13)12-17;2*1-3(2)4;1-3-2;/h2*3-11H,2H2,1H3;2*4H,1H2,2H3;1-2H3;/q2*-1;;;;+2/p-2. The third-order valence-corrected chi connectivity index (χ3v) is 7.27. The van der Waals surface area contributed by atoms with Gasteiger partial charge in [-0.3, -0.25) is 0 Å². The summed E-state index contributed by atoms with van der Waals surface area (Å²) in [6, 6.07) is 30.0. The second-order valence-corrected chi connectivity index (χ2v) is 14.2. The predicted molar refractivity (Wildman–Crippen MR) is 190 cm³/mol. The summed E-state index contributed by atoms with van der Waals surface area (Å²) in [5, 5.41) is 23.4. The Bertz CT molecular complexity index is 1690. The number of halogens is 2. The molecule has 0 aliphatic heterocycles. The fraction of sp³-hybridized carbons (Fsp3) is 0.233. The van der Waals surface area contributed by atoms with E-state index in [0.29, 0.717) is 0 Å². The van der Waals surface area contributed by atoms with Crippen LogP contribution < -0.4 is 31.1 Å². The van der Waals surface area contributed by atoms with Gasteiger partial charge in [0.15, 0.2) is 0 Å². The van der Waals surface area contributed by atoms with Crippen LogP contribution in [0.15, 0.2) is 122 Å². The summed E-state index contributed by atoms with van der Waals surface area (Å²) in [5.74, 6) is -0.555. The Morgan fingerprint density at radius 3 is 1.12 bits per heavy atom. The molecule has 0 heterocycles. The summed E-state index contributed by atoms with van der Waals surface area (Å²) in [4.78, 5) is 0. The van der Waals surface area contributed by atoms with Crippen LogP contribution in [-0.4, -0.2) is 3.21 Å². The fourth-order valence-electron chi connectivity index (χ4n) is 5.15. The minimum absolute atomic E-state index is 0.0833. The first-order chi connectivity index (χ1) is 22.7. The number of fused-ring (bicyclic) bond motifs is 2. The summed E-state index contributed by atoms with van der Waals surface area (Å²) >= 11 is 1.55. The molecule has 2 aliphatic rings. The Hall–Kier alpha value is -3.95. The van der Waals surface area contributed by atoms with Gasteiger partial charge in [-0.1, -0.05) is 76.9 Å². The van der Waals surface area contributed by atoms with Gasteiger partial charge in [-0.15, -0.1) is 71.5 Å². The molecule has 6 rings (SSSR count). The molecule has 0 saturated carbocycles. The van der Waals surface area contributed by atoms with Crippen LogP contribution in [0.4, 0.5) is 8.78 Å². The topological polar surface area (TPSA) is 46.1 Å². The molecule has 0 fully saturated rings. The van der Waals surface area contributed by atoms with E-state index in [0.717, 1.165) is 34.4 Å². The van der Waals surface area contributed by atoms with E-state index in [9.17, 15) is 19.0 Å². The molecule has 0 radical (unpaired) electrons. The summed E-state index contributed by atoms with van der Waals surface area (Å²) in [6.07, 6.45) is 13.4. The van der Waals surface area contributed by atoms with E-state index in [-0.39, 0.29) is 34.0 Å². The first-order valence-electron chi connectivity index (χ1n) is 15.8. The van der Waals surface area contributed by atoms with Gasteiger partial charge in [-0.05, 0) is 46.2 Å². The minimum atomic E-state index is -0.211. The van der Waals surface area contributed by atoms with Crippen molar-refractivity contribution >= 4 is 27.5 Å². The van der Waals surface area contributed by atoms with Crippen molar-refractivity contribution in [1.29, 1.82) is 0 Å². The van der Waals surface area contributed by atoms with Crippen LogP contribution in [0, 0.1) is 11.6 Å². The zero-order valence-electron chi connectivity index (χ0n) is 28.8. The van der Waals surface area contributed by atoms with Gasteiger partial charge in [-0.2, -0.15) is 34.7 Å². The molecular formula is C43H44F2O2Zr-2. The van der Waals surface area contributed by atoms with Crippen molar-refractivity contribution in [2.45, 2.75) is 65.2 Å². The maximum atomic E-state index is 13.0. The van der Waals surface area contributed by atoms with E-state index in [1.807, 2.05) is 48.5 Å².